The molecule has 1 aliphatic rings. The average Bonchev–Trinajstić information content (AvgIpc) is 3.40. The molecule has 2 heterocycles. The molecule has 1 aromatic carbocycles. The van der Waals surface area contributed by atoms with Crippen LogP contribution in [0, 0.1) is 0 Å². The minimum absolute atomic E-state index is 0.151. The van der Waals surface area contributed by atoms with Gasteiger partial charge in [0.05, 0.1) is 7.11 Å². The number of ether oxygens (including phenoxy) is 1. The molecule has 1 aliphatic carbocycles. The lowest BCUT2D eigenvalue weighted by molar-refractivity contribution is 0.405. The molecule has 0 spiro atoms. The fraction of sp³-hybridized carbons (Fsp3) is 0.400. The molecule has 0 radical (unpaired) electrons. The topological polar surface area (TPSA) is 57.3 Å². The quantitative estimate of drug-likeness (QED) is 0.646. The molecule has 5 nitrogen and oxygen atoms in total. The standard InChI is InChI=1S/C20H22N2O3S/c1-4-26-11-12-7-15(14-9-17(24-3)20(23)22(2)10-14)18-16(8-12)21-19(25-18)13-5-6-13/h7-10,13H,4-6,11H2,1-3H3. The van der Waals surface area contributed by atoms with E-state index in [2.05, 4.69) is 19.1 Å². The Morgan fingerprint density at radius 3 is 2.85 bits per heavy atom. The number of rotatable bonds is 6. The maximum Gasteiger partial charge on any atom is 0.292 e. The van der Waals surface area contributed by atoms with Gasteiger partial charge in [-0.3, -0.25) is 4.79 Å². The van der Waals surface area contributed by atoms with E-state index in [1.807, 2.05) is 18.0 Å². The van der Waals surface area contributed by atoms with Crippen LogP contribution in [0.15, 0.2) is 33.6 Å². The van der Waals surface area contributed by atoms with Gasteiger partial charge in [0.25, 0.3) is 5.56 Å². The van der Waals surface area contributed by atoms with Crippen LogP contribution < -0.4 is 10.3 Å². The van der Waals surface area contributed by atoms with Gasteiger partial charge in [-0.1, -0.05) is 6.92 Å². The summed E-state index contributed by atoms with van der Waals surface area (Å²) in [5, 5.41) is 0. The molecule has 6 heteroatoms. The molecule has 0 amide bonds. The monoisotopic (exact) mass is 370 g/mol. The van der Waals surface area contributed by atoms with Crippen molar-refractivity contribution in [1.82, 2.24) is 9.55 Å². The van der Waals surface area contributed by atoms with Gasteiger partial charge in [0, 0.05) is 36.0 Å². The highest BCUT2D eigenvalue weighted by Gasteiger charge is 2.29. The van der Waals surface area contributed by atoms with Gasteiger partial charge in [0.2, 0.25) is 0 Å². The Balaban J connectivity index is 1.91. The molecule has 136 valence electrons. The summed E-state index contributed by atoms with van der Waals surface area (Å²) in [5.74, 6) is 3.60. The zero-order valence-electron chi connectivity index (χ0n) is 15.2. The zero-order valence-corrected chi connectivity index (χ0v) is 16.1. The fourth-order valence-electron chi connectivity index (χ4n) is 3.11. The Kier molecular flexibility index (Phi) is 4.53. The Hall–Kier alpha value is -2.21. The molecule has 0 aliphatic heterocycles. The Morgan fingerprint density at radius 1 is 1.35 bits per heavy atom. The van der Waals surface area contributed by atoms with Gasteiger partial charge in [-0.15, -0.1) is 0 Å². The summed E-state index contributed by atoms with van der Waals surface area (Å²) in [6.07, 6.45) is 4.12. The van der Waals surface area contributed by atoms with E-state index in [0.29, 0.717) is 11.7 Å². The SMILES string of the molecule is CCSCc1cc(-c2cc(OC)c(=O)n(C)c2)c2oc(C3CC3)nc2c1. The zero-order chi connectivity index (χ0) is 18.3. The van der Waals surface area contributed by atoms with Gasteiger partial charge in [0.15, 0.2) is 17.2 Å². The number of hydrogen-bond acceptors (Lipinski definition) is 5. The molecule has 4 rings (SSSR count). The summed E-state index contributed by atoms with van der Waals surface area (Å²) in [6, 6.07) is 6.05. The Labute approximate surface area is 156 Å². The van der Waals surface area contributed by atoms with E-state index >= 15 is 0 Å². The highest BCUT2D eigenvalue weighted by atomic mass is 32.2. The van der Waals surface area contributed by atoms with Crippen molar-refractivity contribution in [2.45, 2.75) is 31.4 Å². The van der Waals surface area contributed by atoms with Crippen molar-refractivity contribution in [2.24, 2.45) is 7.05 Å². The fourth-order valence-corrected chi connectivity index (χ4v) is 3.71. The van der Waals surface area contributed by atoms with Crippen LogP contribution in [0.3, 0.4) is 0 Å². The normalized spacial score (nSPS) is 14.1. The van der Waals surface area contributed by atoms with Crippen LogP contribution in [0.2, 0.25) is 0 Å². The molecule has 2 aromatic heterocycles. The summed E-state index contributed by atoms with van der Waals surface area (Å²) < 4.78 is 12.9. The summed E-state index contributed by atoms with van der Waals surface area (Å²) >= 11 is 1.87. The van der Waals surface area contributed by atoms with E-state index in [0.717, 1.165) is 52.5 Å². The predicted octanol–water partition coefficient (Wildman–Crippen LogP) is 4.33. The minimum Gasteiger partial charge on any atom is -0.491 e. The second kappa shape index (κ2) is 6.83. The molecule has 0 atom stereocenters. The third-order valence-electron chi connectivity index (χ3n) is 4.65. The van der Waals surface area contributed by atoms with Gasteiger partial charge >= 0.3 is 0 Å². The lowest BCUT2D eigenvalue weighted by Crippen LogP contribution is -2.17. The van der Waals surface area contributed by atoms with Crippen molar-refractivity contribution in [3.63, 3.8) is 0 Å². The first kappa shape index (κ1) is 17.2. The largest absolute Gasteiger partial charge is 0.491 e. The number of benzene rings is 1. The lowest BCUT2D eigenvalue weighted by atomic mass is 10.0. The van der Waals surface area contributed by atoms with Gasteiger partial charge in [0.1, 0.15) is 5.52 Å². The third-order valence-corrected chi connectivity index (χ3v) is 5.59. The molecule has 1 saturated carbocycles. The molecule has 1 fully saturated rings. The average molecular weight is 370 g/mol. The van der Waals surface area contributed by atoms with E-state index in [1.165, 1.54) is 12.7 Å². The van der Waals surface area contributed by atoms with Crippen LogP contribution in [-0.4, -0.2) is 22.4 Å². The van der Waals surface area contributed by atoms with E-state index in [-0.39, 0.29) is 5.56 Å². The molecule has 0 N–H and O–H groups in total. The van der Waals surface area contributed by atoms with Crippen molar-refractivity contribution in [3.8, 4) is 16.9 Å². The smallest absolute Gasteiger partial charge is 0.292 e. The number of nitrogens with zero attached hydrogens (tertiary/aromatic N) is 2. The van der Waals surface area contributed by atoms with Crippen LogP contribution in [0.4, 0.5) is 0 Å². The summed E-state index contributed by atoms with van der Waals surface area (Å²) in [7, 11) is 3.25. The first-order valence-corrected chi connectivity index (χ1v) is 10.0. The van der Waals surface area contributed by atoms with Gasteiger partial charge in [-0.2, -0.15) is 11.8 Å². The Morgan fingerprint density at radius 2 is 2.15 bits per heavy atom. The predicted molar refractivity (Wildman–Crippen MR) is 105 cm³/mol. The highest BCUT2D eigenvalue weighted by molar-refractivity contribution is 7.98. The van der Waals surface area contributed by atoms with Crippen molar-refractivity contribution < 1.29 is 9.15 Å². The molecular weight excluding hydrogens is 348 g/mol. The van der Waals surface area contributed by atoms with Crippen LogP contribution in [-0.2, 0) is 12.8 Å². The van der Waals surface area contributed by atoms with Crippen LogP contribution in [0.5, 0.6) is 5.75 Å². The van der Waals surface area contributed by atoms with Gasteiger partial charge < -0.3 is 13.7 Å². The number of pyridine rings is 1. The third kappa shape index (κ3) is 3.14. The summed E-state index contributed by atoms with van der Waals surface area (Å²) in [5.41, 5.74) is 4.60. The number of methoxy groups -OCH3 is 1. The van der Waals surface area contributed by atoms with Gasteiger partial charge in [-0.05, 0) is 42.4 Å². The van der Waals surface area contributed by atoms with Crippen LogP contribution in [0.1, 0.15) is 37.1 Å². The van der Waals surface area contributed by atoms with Crippen molar-refractivity contribution in [3.05, 3.63) is 46.2 Å². The number of fused-ring (bicyclic) bond motifs is 1. The van der Waals surface area contributed by atoms with Crippen LogP contribution in [0.25, 0.3) is 22.2 Å². The highest BCUT2D eigenvalue weighted by Crippen LogP contribution is 2.42. The number of hydrogen-bond donors (Lipinski definition) is 0. The number of oxazole rings is 1. The van der Waals surface area contributed by atoms with Crippen molar-refractivity contribution in [2.75, 3.05) is 12.9 Å². The van der Waals surface area contributed by atoms with Crippen molar-refractivity contribution in [1.29, 1.82) is 0 Å². The van der Waals surface area contributed by atoms with E-state index < -0.39 is 0 Å². The van der Waals surface area contributed by atoms with E-state index in [9.17, 15) is 4.79 Å². The molecule has 0 bridgehead atoms. The minimum atomic E-state index is -0.151. The van der Waals surface area contributed by atoms with E-state index in [4.69, 9.17) is 14.1 Å². The second-order valence-electron chi connectivity index (χ2n) is 6.67. The molecule has 0 unspecified atom stereocenters. The number of thioether (sulfide) groups is 1. The number of aromatic nitrogens is 2. The molecular formula is C20H22N2O3S. The number of aryl methyl sites for hydroxylation is 1. The molecule has 3 aromatic rings. The summed E-state index contributed by atoms with van der Waals surface area (Å²) in [4.78, 5) is 16.9. The second-order valence-corrected chi connectivity index (χ2v) is 7.94. The Bertz CT molecular complexity index is 1020. The molecule has 26 heavy (non-hydrogen) atoms. The van der Waals surface area contributed by atoms with Crippen LogP contribution >= 0.6 is 11.8 Å². The lowest BCUT2D eigenvalue weighted by Gasteiger charge is -2.10. The van der Waals surface area contributed by atoms with Gasteiger partial charge in [-0.25, -0.2) is 4.98 Å². The van der Waals surface area contributed by atoms with E-state index in [1.54, 1.807) is 17.7 Å². The maximum absolute atomic E-state index is 12.2. The summed E-state index contributed by atoms with van der Waals surface area (Å²) in [6.45, 7) is 2.16. The van der Waals surface area contributed by atoms with Crippen molar-refractivity contribution >= 4 is 22.9 Å². The first-order valence-electron chi connectivity index (χ1n) is 8.86. The molecule has 0 saturated heterocycles. The maximum atomic E-state index is 12.2. The first-order chi connectivity index (χ1) is 12.6.